The third-order valence-electron chi connectivity index (χ3n) is 9.52. The Morgan fingerprint density at radius 3 is 2.57 bits per heavy atom. The Bertz CT molecular complexity index is 1010. The van der Waals surface area contributed by atoms with Gasteiger partial charge in [0.05, 0.1) is 6.04 Å². The Hall–Kier alpha value is -2.63. The van der Waals surface area contributed by atoms with Gasteiger partial charge in [-0.15, -0.1) is 0 Å². The number of hydrogen-bond donors (Lipinski definition) is 3. The average Bonchev–Trinajstić information content (AvgIpc) is 3.44. The number of aliphatic hydroxyl groups excluding tert-OH is 1. The first-order valence-corrected chi connectivity index (χ1v) is 13.5. The molecule has 1 saturated heterocycles. The minimum absolute atomic E-state index is 0.117. The van der Waals surface area contributed by atoms with E-state index in [4.69, 9.17) is 0 Å². The van der Waals surface area contributed by atoms with Gasteiger partial charge >= 0.3 is 0 Å². The number of hydrogen-bond acceptors (Lipinski definition) is 4. The molecule has 2 unspecified atom stereocenters. The summed E-state index contributed by atoms with van der Waals surface area (Å²) >= 11 is 0. The number of carbonyl (C=O) groups is 3. The summed E-state index contributed by atoms with van der Waals surface area (Å²) in [5, 5.41) is 16.3. The predicted octanol–water partition coefficient (Wildman–Crippen LogP) is 4.02. The van der Waals surface area contributed by atoms with Gasteiger partial charge in [0.1, 0.15) is 11.3 Å². The fourth-order valence-corrected chi connectivity index (χ4v) is 7.92. The Morgan fingerprint density at radius 1 is 1.00 bits per heavy atom. The summed E-state index contributed by atoms with van der Waals surface area (Å²) in [6.45, 7) is 5.14. The number of ketones is 1. The van der Waals surface area contributed by atoms with Crippen LogP contribution in [0.4, 0.5) is 0 Å². The maximum atomic E-state index is 12.8. The molecule has 0 aromatic rings. The van der Waals surface area contributed by atoms with Crippen LogP contribution in [0.1, 0.15) is 52.4 Å². The molecule has 3 aliphatic carbocycles. The quantitative estimate of drug-likeness (QED) is 0.392. The largest absolute Gasteiger partial charge is 0.507 e. The van der Waals surface area contributed by atoms with Crippen molar-refractivity contribution in [2.24, 2.45) is 47.3 Å². The molecule has 2 saturated carbocycles. The van der Waals surface area contributed by atoms with Gasteiger partial charge in [-0.1, -0.05) is 44.6 Å². The van der Waals surface area contributed by atoms with Crippen LogP contribution >= 0.6 is 0 Å². The van der Waals surface area contributed by atoms with Crippen molar-refractivity contribution >= 4 is 17.6 Å². The molecular weight excluding hydrogens is 440 g/mol. The number of nitrogens with one attached hydrogen (secondary N) is 2. The molecular formula is C29H38N2O4. The van der Waals surface area contributed by atoms with E-state index < -0.39 is 11.9 Å². The number of carbonyl (C=O) groups excluding carboxylic acids is 3. The van der Waals surface area contributed by atoms with E-state index in [0.29, 0.717) is 49.0 Å². The zero-order chi connectivity index (χ0) is 24.7. The van der Waals surface area contributed by atoms with Crippen molar-refractivity contribution in [3.63, 3.8) is 0 Å². The molecule has 5 aliphatic rings. The predicted molar refractivity (Wildman–Crippen MR) is 134 cm³/mol. The van der Waals surface area contributed by atoms with Crippen LogP contribution in [0, 0.1) is 47.3 Å². The minimum atomic E-state index is -0.645. The van der Waals surface area contributed by atoms with E-state index >= 15 is 0 Å². The Kier molecular flexibility index (Phi) is 6.73. The van der Waals surface area contributed by atoms with Crippen molar-refractivity contribution in [2.75, 3.05) is 6.54 Å². The molecule has 5 rings (SSSR count). The van der Waals surface area contributed by atoms with Crippen molar-refractivity contribution in [2.45, 2.75) is 58.4 Å². The van der Waals surface area contributed by atoms with Crippen LogP contribution in [0.3, 0.4) is 0 Å². The van der Waals surface area contributed by atoms with Crippen molar-refractivity contribution < 1.29 is 19.5 Å². The van der Waals surface area contributed by atoms with Gasteiger partial charge in [0.15, 0.2) is 5.78 Å². The molecule has 6 nitrogen and oxygen atoms in total. The van der Waals surface area contributed by atoms with Crippen LogP contribution in [-0.4, -0.2) is 35.3 Å². The second-order valence-electron chi connectivity index (χ2n) is 11.3. The van der Waals surface area contributed by atoms with Crippen molar-refractivity contribution in [3.05, 3.63) is 47.8 Å². The molecule has 2 bridgehead atoms. The number of aliphatic hydroxyl groups is 1. The molecule has 3 N–H and O–H groups in total. The highest BCUT2D eigenvalue weighted by Crippen LogP contribution is 2.59. The molecule has 0 spiro atoms. The van der Waals surface area contributed by atoms with E-state index in [1.54, 1.807) is 12.2 Å². The van der Waals surface area contributed by atoms with Crippen LogP contribution in [0.25, 0.3) is 0 Å². The van der Waals surface area contributed by atoms with E-state index in [9.17, 15) is 19.5 Å². The topological polar surface area (TPSA) is 95.5 Å². The van der Waals surface area contributed by atoms with Gasteiger partial charge in [-0.05, 0) is 91.6 Å². The zero-order valence-corrected chi connectivity index (χ0v) is 20.8. The average molecular weight is 479 g/mol. The van der Waals surface area contributed by atoms with E-state index in [-0.39, 0.29) is 28.9 Å². The van der Waals surface area contributed by atoms with E-state index in [0.717, 1.165) is 24.7 Å². The van der Waals surface area contributed by atoms with Crippen LogP contribution in [-0.2, 0) is 14.4 Å². The summed E-state index contributed by atoms with van der Waals surface area (Å²) in [4.78, 5) is 37.6. The molecule has 35 heavy (non-hydrogen) atoms. The highest BCUT2D eigenvalue weighted by Gasteiger charge is 2.52. The monoisotopic (exact) mass is 478 g/mol. The summed E-state index contributed by atoms with van der Waals surface area (Å²) in [5.41, 5.74) is -0.135. The van der Waals surface area contributed by atoms with Crippen LogP contribution in [0.5, 0.6) is 0 Å². The summed E-state index contributed by atoms with van der Waals surface area (Å²) < 4.78 is 0. The first-order valence-electron chi connectivity index (χ1n) is 13.5. The lowest BCUT2D eigenvalue weighted by Gasteiger charge is -2.35. The van der Waals surface area contributed by atoms with Gasteiger partial charge in [0.25, 0.3) is 5.91 Å². The second kappa shape index (κ2) is 9.79. The molecule has 6 heteroatoms. The normalized spacial score (nSPS) is 41.4. The summed E-state index contributed by atoms with van der Waals surface area (Å²) in [5.74, 6) is 3.16. The van der Waals surface area contributed by atoms with Gasteiger partial charge < -0.3 is 15.7 Å². The van der Waals surface area contributed by atoms with Gasteiger partial charge in [-0.3, -0.25) is 14.4 Å². The fraction of sp³-hybridized carbons (Fsp3) is 0.621. The number of fused-ring (bicyclic) bond motifs is 7. The third kappa shape index (κ3) is 4.41. The van der Waals surface area contributed by atoms with Crippen molar-refractivity contribution in [1.29, 1.82) is 0 Å². The lowest BCUT2D eigenvalue weighted by molar-refractivity contribution is -0.118. The Morgan fingerprint density at radius 2 is 1.77 bits per heavy atom. The molecule has 3 fully saturated rings. The third-order valence-corrected chi connectivity index (χ3v) is 9.52. The number of Topliss-reactive ketones (excluding diaryl/α,β-unsaturated/α-hetero) is 1. The molecule has 2 heterocycles. The van der Waals surface area contributed by atoms with Gasteiger partial charge in [-0.2, -0.15) is 0 Å². The van der Waals surface area contributed by atoms with Crippen molar-refractivity contribution in [1.82, 2.24) is 10.6 Å². The first-order chi connectivity index (χ1) is 16.9. The number of allylic oxidation sites excluding steroid dienone is 5. The Balaban J connectivity index is 1.46. The van der Waals surface area contributed by atoms with Gasteiger partial charge in [-0.25, -0.2) is 0 Å². The molecule has 2 amide bonds. The molecule has 0 aromatic heterocycles. The van der Waals surface area contributed by atoms with Crippen LogP contribution < -0.4 is 10.6 Å². The first kappa shape index (κ1) is 24.1. The Labute approximate surface area is 208 Å². The second-order valence-corrected chi connectivity index (χ2v) is 11.3. The van der Waals surface area contributed by atoms with Crippen LogP contribution in [0.15, 0.2) is 47.8 Å². The van der Waals surface area contributed by atoms with E-state index in [2.05, 4.69) is 36.6 Å². The summed E-state index contributed by atoms with van der Waals surface area (Å²) in [6, 6.07) is -0.645. The van der Waals surface area contributed by atoms with Crippen molar-refractivity contribution in [3.8, 4) is 0 Å². The van der Waals surface area contributed by atoms with Gasteiger partial charge in [0, 0.05) is 6.54 Å². The maximum absolute atomic E-state index is 12.8. The molecule has 9 atom stereocenters. The van der Waals surface area contributed by atoms with E-state index in [1.165, 1.54) is 12.8 Å². The molecule has 0 aromatic carbocycles. The highest BCUT2D eigenvalue weighted by molar-refractivity contribution is 6.27. The lowest BCUT2D eigenvalue weighted by Crippen LogP contribution is -2.31. The lowest BCUT2D eigenvalue weighted by atomic mass is 9.69. The zero-order valence-electron chi connectivity index (χ0n) is 20.8. The maximum Gasteiger partial charge on any atom is 0.259 e. The van der Waals surface area contributed by atoms with Crippen LogP contribution in [0.2, 0.25) is 0 Å². The number of amides is 2. The molecule has 0 radical (unpaired) electrons. The smallest absolute Gasteiger partial charge is 0.259 e. The highest BCUT2D eigenvalue weighted by atomic mass is 16.3. The number of rotatable bonds is 1. The summed E-state index contributed by atoms with van der Waals surface area (Å²) in [7, 11) is 0. The standard InChI is InChI=1S/C29H38N2O4/c1-3-18-16(2)14-22-20(18)10-11-21-19-6-4-8-26(33)30-13-5-7-24-28(34)27(29(35)31-24)25(32)12-9-17(19)15-23(21)22/h4,8-12,16-24,32H,3,5-7,13-15H2,1-2H3,(H,30,33)(H,31,35)/t16?,17-,18?,19+,20+,21-,22+,23+,24+/m1/s1. The summed E-state index contributed by atoms with van der Waals surface area (Å²) in [6.07, 6.45) is 17.4. The minimum Gasteiger partial charge on any atom is -0.507 e. The fourth-order valence-electron chi connectivity index (χ4n) is 7.92. The SMILES string of the molecule is CCC1C(C)C[C@@H]2[C@H]3C[C@H]4C=CC(O)=C5C(=O)N[C@@H](CCCNC(=O)C=CC[C@@H]4[C@H]3C=C[C@@H]12)C5=O. The molecule has 2 aliphatic heterocycles. The van der Waals surface area contributed by atoms with Gasteiger partial charge in [0.2, 0.25) is 5.91 Å². The van der Waals surface area contributed by atoms with E-state index in [1.807, 2.05) is 12.2 Å². The molecule has 188 valence electrons.